The molecule has 0 aliphatic rings. The fourth-order valence-electron chi connectivity index (χ4n) is 5.59. The minimum Gasteiger partial charge on any atom is -0.353 e. The van der Waals surface area contributed by atoms with Crippen molar-refractivity contribution in [3.63, 3.8) is 0 Å². The van der Waals surface area contributed by atoms with Gasteiger partial charge in [0, 0.05) is 36.9 Å². The van der Waals surface area contributed by atoms with Crippen LogP contribution < -0.4 is 0 Å². The molecule has 0 aliphatic heterocycles. The zero-order valence-corrected chi connectivity index (χ0v) is 30.8. The van der Waals surface area contributed by atoms with Crippen molar-refractivity contribution >= 4 is 21.6 Å². The standard InChI is InChI=1S/C36H74O4S2/c1-7-27-33(29-23-19-15-13-17-21-25-31-35(37-9-3)38-10-4)41-42-34(28-8-2)30-24-20-16-14-18-22-26-32-36(39-11-5)40-12-6/h33-36H,7-32H2,1-6H3. The summed E-state index contributed by atoms with van der Waals surface area (Å²) in [6.07, 6.45) is 29.3. The van der Waals surface area contributed by atoms with E-state index in [0.29, 0.717) is 0 Å². The fraction of sp³-hybridized carbons (Fsp3) is 1.00. The maximum atomic E-state index is 5.66. The first-order valence-corrected chi connectivity index (χ1v) is 20.7. The molecule has 0 bridgehead atoms. The number of unbranched alkanes of at least 4 members (excludes halogenated alkanes) is 12. The second-order valence-electron chi connectivity index (χ2n) is 11.8. The van der Waals surface area contributed by atoms with E-state index in [1.54, 1.807) is 0 Å². The second-order valence-corrected chi connectivity index (χ2v) is 14.7. The van der Waals surface area contributed by atoms with E-state index in [1.807, 2.05) is 27.7 Å². The van der Waals surface area contributed by atoms with Crippen molar-refractivity contribution < 1.29 is 18.9 Å². The third kappa shape index (κ3) is 28.0. The minimum atomic E-state index is 0.00867. The predicted octanol–water partition coefficient (Wildman–Crippen LogP) is 12.5. The molecule has 0 aromatic heterocycles. The van der Waals surface area contributed by atoms with Gasteiger partial charge in [0.05, 0.1) is 0 Å². The lowest BCUT2D eigenvalue weighted by atomic mass is 10.0. The van der Waals surface area contributed by atoms with E-state index < -0.39 is 0 Å². The highest BCUT2D eigenvalue weighted by Gasteiger charge is 2.15. The molecule has 0 saturated carbocycles. The smallest absolute Gasteiger partial charge is 0.157 e. The van der Waals surface area contributed by atoms with Crippen LogP contribution >= 0.6 is 21.6 Å². The van der Waals surface area contributed by atoms with Crippen LogP contribution in [0.3, 0.4) is 0 Å². The molecule has 2 unspecified atom stereocenters. The molecule has 0 aliphatic carbocycles. The highest BCUT2D eigenvalue weighted by molar-refractivity contribution is 8.77. The van der Waals surface area contributed by atoms with Crippen LogP contribution in [0.5, 0.6) is 0 Å². The summed E-state index contributed by atoms with van der Waals surface area (Å²) in [6.45, 7) is 15.9. The Morgan fingerprint density at radius 2 is 0.595 bits per heavy atom. The number of rotatable bonds is 35. The second kappa shape index (κ2) is 34.4. The highest BCUT2D eigenvalue weighted by atomic mass is 33.1. The zero-order chi connectivity index (χ0) is 30.9. The Morgan fingerprint density at radius 1 is 0.333 bits per heavy atom. The number of ether oxygens (including phenoxy) is 4. The Morgan fingerprint density at radius 3 is 0.857 bits per heavy atom. The van der Waals surface area contributed by atoms with Crippen molar-refractivity contribution in [1.29, 1.82) is 0 Å². The first kappa shape index (κ1) is 42.5. The average Bonchev–Trinajstić information content (AvgIpc) is 2.98. The lowest BCUT2D eigenvalue weighted by Gasteiger charge is -2.20. The van der Waals surface area contributed by atoms with Gasteiger partial charge in [0.1, 0.15) is 0 Å². The van der Waals surface area contributed by atoms with Crippen molar-refractivity contribution in [2.45, 2.75) is 206 Å². The molecule has 0 radical (unpaired) electrons. The molecular weight excluding hydrogens is 561 g/mol. The fourth-order valence-corrected chi connectivity index (χ4v) is 9.19. The van der Waals surface area contributed by atoms with Crippen LogP contribution in [-0.4, -0.2) is 49.5 Å². The maximum Gasteiger partial charge on any atom is 0.157 e. The Bertz CT molecular complexity index is 455. The van der Waals surface area contributed by atoms with Crippen LogP contribution in [0.25, 0.3) is 0 Å². The molecule has 0 spiro atoms. The molecular formula is C36H74O4S2. The molecule has 42 heavy (non-hydrogen) atoms. The predicted molar refractivity (Wildman–Crippen MR) is 190 cm³/mol. The SMILES string of the molecule is CCCC(CCCCCCCCCC(OCC)OCC)SSC(CCC)CCCCCCCCCC(OCC)OCC. The van der Waals surface area contributed by atoms with E-state index in [9.17, 15) is 0 Å². The summed E-state index contributed by atoms with van der Waals surface area (Å²) in [5.74, 6) is 0. The molecule has 4 nitrogen and oxygen atoms in total. The molecule has 0 amide bonds. The Balaban J connectivity index is 3.93. The monoisotopic (exact) mass is 635 g/mol. The van der Waals surface area contributed by atoms with Gasteiger partial charge in [-0.3, -0.25) is 0 Å². The van der Waals surface area contributed by atoms with Gasteiger partial charge in [-0.1, -0.05) is 125 Å². The van der Waals surface area contributed by atoms with Crippen LogP contribution in [0.15, 0.2) is 0 Å². The lowest BCUT2D eigenvalue weighted by Crippen LogP contribution is -2.17. The van der Waals surface area contributed by atoms with E-state index in [2.05, 4.69) is 35.4 Å². The molecule has 0 aromatic rings. The number of hydrogen-bond donors (Lipinski definition) is 0. The largest absolute Gasteiger partial charge is 0.353 e. The summed E-state index contributed by atoms with van der Waals surface area (Å²) in [5, 5.41) is 1.69. The molecule has 2 atom stereocenters. The summed E-state index contributed by atoms with van der Waals surface area (Å²) < 4.78 is 22.6. The summed E-state index contributed by atoms with van der Waals surface area (Å²) >= 11 is 0. The van der Waals surface area contributed by atoms with Gasteiger partial charge in [0.25, 0.3) is 0 Å². The molecule has 0 aromatic carbocycles. The number of hydrogen-bond acceptors (Lipinski definition) is 6. The van der Waals surface area contributed by atoms with E-state index in [0.717, 1.165) is 49.8 Å². The van der Waals surface area contributed by atoms with Crippen LogP contribution in [0.2, 0.25) is 0 Å². The van der Waals surface area contributed by atoms with Gasteiger partial charge >= 0.3 is 0 Å². The van der Waals surface area contributed by atoms with Gasteiger partial charge in [-0.15, -0.1) is 0 Å². The molecule has 0 heterocycles. The van der Waals surface area contributed by atoms with Crippen LogP contribution in [0.1, 0.15) is 183 Å². The topological polar surface area (TPSA) is 36.9 Å². The van der Waals surface area contributed by atoms with Crippen molar-refractivity contribution in [3.05, 3.63) is 0 Å². The van der Waals surface area contributed by atoms with Crippen LogP contribution in [-0.2, 0) is 18.9 Å². The summed E-state index contributed by atoms with van der Waals surface area (Å²) in [6, 6.07) is 0. The molecule has 0 N–H and O–H groups in total. The lowest BCUT2D eigenvalue weighted by molar-refractivity contribution is -0.140. The Labute approximate surface area is 272 Å². The van der Waals surface area contributed by atoms with Gasteiger partial charge in [0.2, 0.25) is 0 Å². The van der Waals surface area contributed by atoms with Crippen molar-refractivity contribution in [2.24, 2.45) is 0 Å². The first-order valence-electron chi connectivity index (χ1n) is 18.4. The minimum absolute atomic E-state index is 0.00867. The third-order valence-electron chi connectivity index (χ3n) is 7.89. The van der Waals surface area contributed by atoms with E-state index in [-0.39, 0.29) is 12.6 Å². The van der Waals surface area contributed by atoms with Crippen molar-refractivity contribution in [2.75, 3.05) is 26.4 Å². The van der Waals surface area contributed by atoms with E-state index in [4.69, 9.17) is 18.9 Å². The highest BCUT2D eigenvalue weighted by Crippen LogP contribution is 2.39. The third-order valence-corrected chi connectivity index (χ3v) is 11.5. The normalized spacial score (nSPS) is 13.4. The van der Waals surface area contributed by atoms with Crippen LogP contribution in [0.4, 0.5) is 0 Å². The van der Waals surface area contributed by atoms with Crippen LogP contribution in [0, 0.1) is 0 Å². The van der Waals surface area contributed by atoms with E-state index >= 15 is 0 Å². The Hall–Kier alpha value is 0.540. The summed E-state index contributed by atoms with van der Waals surface area (Å²) in [4.78, 5) is 0. The zero-order valence-electron chi connectivity index (χ0n) is 29.1. The molecule has 254 valence electrons. The van der Waals surface area contributed by atoms with Gasteiger partial charge in [-0.25, -0.2) is 0 Å². The summed E-state index contributed by atoms with van der Waals surface area (Å²) in [5.41, 5.74) is 0. The molecule has 6 heteroatoms. The molecule has 0 fully saturated rings. The van der Waals surface area contributed by atoms with Crippen molar-refractivity contribution in [1.82, 2.24) is 0 Å². The molecule has 0 saturated heterocycles. The summed E-state index contributed by atoms with van der Waals surface area (Å²) in [7, 11) is 4.48. The van der Waals surface area contributed by atoms with Gasteiger partial charge < -0.3 is 18.9 Å². The first-order chi connectivity index (χ1) is 20.6. The van der Waals surface area contributed by atoms with Crippen molar-refractivity contribution in [3.8, 4) is 0 Å². The van der Waals surface area contributed by atoms with Gasteiger partial charge in [-0.2, -0.15) is 0 Å². The molecule has 0 rings (SSSR count). The van der Waals surface area contributed by atoms with Gasteiger partial charge in [0.15, 0.2) is 12.6 Å². The quantitative estimate of drug-likeness (QED) is 0.0392. The average molecular weight is 635 g/mol. The van der Waals surface area contributed by atoms with Gasteiger partial charge in [-0.05, 0) is 79.1 Å². The van der Waals surface area contributed by atoms with E-state index in [1.165, 1.54) is 128 Å². The maximum absolute atomic E-state index is 5.66. The Kier molecular flexibility index (Phi) is 34.9.